The molecule has 2 aromatic heterocycles. The van der Waals surface area contributed by atoms with Gasteiger partial charge in [-0.15, -0.1) is 22.7 Å². The van der Waals surface area contributed by atoms with E-state index in [1.165, 1.54) is 22.7 Å². The highest BCUT2D eigenvalue weighted by Gasteiger charge is 2.45. The first-order valence-electron chi connectivity index (χ1n) is 11.4. The van der Waals surface area contributed by atoms with E-state index in [1.807, 2.05) is 73.0 Å². The number of aliphatic hydroxyl groups is 1. The second-order valence-electron chi connectivity index (χ2n) is 8.64. The minimum atomic E-state index is -0.654. The van der Waals surface area contributed by atoms with Crippen LogP contribution in [0, 0.1) is 13.8 Å². The summed E-state index contributed by atoms with van der Waals surface area (Å²) in [6.45, 7) is 4.09. The lowest BCUT2D eigenvalue weighted by Gasteiger charge is -2.26. The number of benzene rings is 2. The van der Waals surface area contributed by atoms with Crippen LogP contribution in [0.3, 0.4) is 0 Å². The summed E-state index contributed by atoms with van der Waals surface area (Å²) in [6, 6.07) is 18.4. The summed E-state index contributed by atoms with van der Waals surface area (Å²) in [5.41, 5.74) is 3.60. The monoisotopic (exact) mass is 534 g/mol. The molecular weight excluding hydrogens is 512 g/mol. The van der Waals surface area contributed by atoms with Crippen LogP contribution < -0.4 is 0 Å². The normalized spacial score (nSPS) is 15.7. The zero-order chi connectivity index (χ0) is 25.4. The van der Waals surface area contributed by atoms with Crippen molar-refractivity contribution in [2.45, 2.75) is 26.3 Å². The van der Waals surface area contributed by atoms with E-state index in [4.69, 9.17) is 11.6 Å². The maximum Gasteiger partial charge on any atom is 0.290 e. The van der Waals surface area contributed by atoms with Crippen molar-refractivity contribution in [3.8, 4) is 10.6 Å². The molecule has 0 radical (unpaired) electrons. The number of aryl methyl sites for hydroxylation is 2. The summed E-state index contributed by atoms with van der Waals surface area (Å²) >= 11 is 8.77. The maximum absolute atomic E-state index is 13.9. The van der Waals surface area contributed by atoms with Crippen molar-refractivity contribution >= 4 is 46.0 Å². The number of aliphatic hydroxyl groups excluding tert-OH is 1. The molecule has 0 spiro atoms. The van der Waals surface area contributed by atoms with E-state index in [2.05, 4.69) is 4.98 Å². The van der Waals surface area contributed by atoms with Gasteiger partial charge in [0.2, 0.25) is 5.78 Å². The molecule has 36 heavy (non-hydrogen) atoms. The lowest BCUT2D eigenvalue weighted by atomic mass is 9.98. The second-order valence-corrected chi connectivity index (χ2v) is 11.0. The molecule has 1 N–H and O–H groups in total. The number of ketones is 1. The predicted octanol–water partition coefficient (Wildman–Crippen LogP) is 6.96. The summed E-state index contributed by atoms with van der Waals surface area (Å²) in [6.07, 6.45) is 0.566. The number of carbonyl (C=O) groups is 2. The number of thiazole rings is 1. The Bertz CT molecular complexity index is 1470. The van der Waals surface area contributed by atoms with Crippen LogP contribution in [-0.4, -0.2) is 33.2 Å². The Morgan fingerprint density at radius 3 is 2.47 bits per heavy atom. The van der Waals surface area contributed by atoms with Gasteiger partial charge < -0.3 is 10.0 Å². The lowest BCUT2D eigenvalue weighted by Crippen LogP contribution is -2.33. The molecule has 5 nitrogen and oxygen atoms in total. The maximum atomic E-state index is 13.9. The molecule has 0 bridgehead atoms. The number of carbonyl (C=O) groups excluding carboxylic acids is 2. The summed E-state index contributed by atoms with van der Waals surface area (Å²) < 4.78 is 0. The lowest BCUT2D eigenvalue weighted by molar-refractivity contribution is -0.129. The molecule has 0 saturated carbocycles. The van der Waals surface area contributed by atoms with E-state index >= 15 is 0 Å². The number of thiophene rings is 1. The summed E-state index contributed by atoms with van der Waals surface area (Å²) in [5, 5.41) is 14.3. The van der Waals surface area contributed by atoms with Crippen molar-refractivity contribution in [1.29, 1.82) is 0 Å². The van der Waals surface area contributed by atoms with Crippen LogP contribution in [0.4, 0.5) is 0 Å². The molecule has 1 aliphatic heterocycles. The van der Waals surface area contributed by atoms with Gasteiger partial charge in [0, 0.05) is 22.0 Å². The highest BCUT2D eigenvalue weighted by atomic mass is 35.5. The molecule has 1 unspecified atom stereocenters. The van der Waals surface area contributed by atoms with Gasteiger partial charge in [0.1, 0.15) is 5.01 Å². The van der Waals surface area contributed by atoms with Crippen molar-refractivity contribution in [3.63, 3.8) is 0 Å². The fourth-order valence-corrected chi connectivity index (χ4v) is 6.59. The van der Waals surface area contributed by atoms with Gasteiger partial charge in [-0.3, -0.25) is 9.59 Å². The number of halogens is 1. The van der Waals surface area contributed by atoms with Gasteiger partial charge in [-0.1, -0.05) is 54.1 Å². The average molecular weight is 535 g/mol. The van der Waals surface area contributed by atoms with Crippen molar-refractivity contribution < 1.29 is 14.7 Å². The Kier molecular flexibility index (Phi) is 6.79. The first kappa shape index (κ1) is 24.4. The van der Waals surface area contributed by atoms with Crippen molar-refractivity contribution in [1.82, 2.24) is 9.88 Å². The van der Waals surface area contributed by atoms with Gasteiger partial charge in [-0.25, -0.2) is 4.98 Å². The minimum absolute atomic E-state index is 0.119. The molecular formula is C28H23ClN2O3S2. The Balaban J connectivity index is 1.51. The molecule has 0 aliphatic carbocycles. The number of rotatable bonds is 7. The molecule has 5 rings (SSSR count). The first-order valence-corrected chi connectivity index (χ1v) is 13.5. The first-order chi connectivity index (χ1) is 17.3. The third-order valence-corrected chi connectivity index (χ3v) is 8.81. The SMILES string of the molecule is Cc1ccsc1C1C(C(=O)c2sc(-c3ccccc3)nc2C)=C(O)C(=O)N1CCc1ccc(Cl)cc1. The molecule has 1 aliphatic rings. The van der Waals surface area contributed by atoms with E-state index in [9.17, 15) is 14.7 Å². The number of amides is 1. The smallest absolute Gasteiger partial charge is 0.290 e. The Labute approximate surface area is 222 Å². The Morgan fingerprint density at radius 2 is 1.81 bits per heavy atom. The molecule has 1 amide bonds. The van der Waals surface area contributed by atoms with Crippen LogP contribution in [-0.2, 0) is 11.2 Å². The fraction of sp³-hybridized carbons (Fsp3) is 0.179. The molecule has 1 atom stereocenters. The molecule has 8 heteroatoms. The van der Waals surface area contributed by atoms with Crippen molar-refractivity contribution in [3.05, 3.63) is 109 Å². The Hall–Kier alpha value is -3.26. The summed E-state index contributed by atoms with van der Waals surface area (Å²) in [5.74, 6) is -1.37. The predicted molar refractivity (Wildman–Crippen MR) is 145 cm³/mol. The second kappa shape index (κ2) is 10.0. The van der Waals surface area contributed by atoms with Gasteiger partial charge in [0.15, 0.2) is 5.76 Å². The standard InChI is InChI=1S/C28H23ClN2O3S2/c1-16-13-15-35-25(16)22-21(23(32)26-17(2)30-27(36-26)19-6-4-3-5-7-19)24(33)28(34)31(22)14-12-18-8-10-20(29)11-9-18/h3-11,13,15,22,33H,12,14H2,1-2H3. The zero-order valence-corrected chi connectivity index (χ0v) is 22.1. The molecule has 0 fully saturated rings. The van der Waals surface area contributed by atoms with Gasteiger partial charge in [0.25, 0.3) is 5.91 Å². The van der Waals surface area contributed by atoms with Crippen LogP contribution in [0.25, 0.3) is 10.6 Å². The number of nitrogens with zero attached hydrogens (tertiary/aromatic N) is 2. The molecule has 182 valence electrons. The topological polar surface area (TPSA) is 70.5 Å². The quantitative estimate of drug-likeness (QED) is 0.260. The molecule has 2 aromatic carbocycles. The van der Waals surface area contributed by atoms with Crippen LogP contribution >= 0.6 is 34.3 Å². The minimum Gasteiger partial charge on any atom is -0.503 e. The van der Waals surface area contributed by atoms with Gasteiger partial charge >= 0.3 is 0 Å². The highest BCUT2D eigenvalue weighted by Crippen LogP contribution is 2.43. The third kappa shape index (κ3) is 4.50. The average Bonchev–Trinajstić information content (AvgIpc) is 3.55. The van der Waals surface area contributed by atoms with Crippen molar-refractivity contribution in [2.75, 3.05) is 6.54 Å². The molecule has 3 heterocycles. The van der Waals surface area contributed by atoms with E-state index in [-0.39, 0.29) is 11.4 Å². The zero-order valence-electron chi connectivity index (χ0n) is 19.7. The van der Waals surface area contributed by atoms with Gasteiger partial charge in [-0.2, -0.15) is 0 Å². The third-order valence-electron chi connectivity index (χ3n) is 6.28. The van der Waals surface area contributed by atoms with E-state index in [1.54, 1.807) is 11.8 Å². The summed E-state index contributed by atoms with van der Waals surface area (Å²) in [4.78, 5) is 34.7. The van der Waals surface area contributed by atoms with Crippen LogP contribution in [0.2, 0.25) is 5.02 Å². The summed E-state index contributed by atoms with van der Waals surface area (Å²) in [7, 11) is 0. The molecule has 4 aromatic rings. The van der Waals surface area contributed by atoms with Crippen LogP contribution in [0.1, 0.15) is 37.4 Å². The molecule has 0 saturated heterocycles. The Morgan fingerprint density at radius 1 is 1.08 bits per heavy atom. The van der Waals surface area contributed by atoms with Crippen molar-refractivity contribution in [2.24, 2.45) is 0 Å². The van der Waals surface area contributed by atoms with E-state index in [0.29, 0.717) is 28.6 Å². The van der Waals surface area contributed by atoms with Gasteiger partial charge in [-0.05, 0) is 55.0 Å². The fourth-order valence-electron chi connectivity index (χ4n) is 4.39. The van der Waals surface area contributed by atoms with E-state index < -0.39 is 17.7 Å². The van der Waals surface area contributed by atoms with Crippen LogP contribution in [0.15, 0.2) is 77.4 Å². The largest absolute Gasteiger partial charge is 0.503 e. The highest BCUT2D eigenvalue weighted by molar-refractivity contribution is 7.17. The van der Waals surface area contributed by atoms with Gasteiger partial charge in [0.05, 0.1) is 22.2 Å². The van der Waals surface area contributed by atoms with E-state index in [0.717, 1.165) is 26.6 Å². The number of hydrogen-bond donors (Lipinski definition) is 1. The van der Waals surface area contributed by atoms with Crippen LogP contribution in [0.5, 0.6) is 0 Å². The number of hydrogen-bond acceptors (Lipinski definition) is 6. The number of aromatic nitrogens is 1. The number of Topliss-reactive ketones (excluding diaryl/α,β-unsaturated/α-hetero) is 1.